The first-order valence-electron chi connectivity index (χ1n) is 12.3. The van der Waals surface area contributed by atoms with Crippen LogP contribution in [-0.2, 0) is 19.2 Å². The quantitative estimate of drug-likeness (QED) is 0.182. The van der Waals surface area contributed by atoms with Crippen molar-refractivity contribution in [3.63, 3.8) is 0 Å². The fourth-order valence-corrected chi connectivity index (χ4v) is 3.35. The number of aliphatic carboxylic acids is 2. The number of carbonyl (C=O) groups is 6. The summed E-state index contributed by atoms with van der Waals surface area (Å²) in [5, 5.41) is 22.1. The lowest BCUT2D eigenvalue weighted by Gasteiger charge is -2.03. The zero-order valence-corrected chi connectivity index (χ0v) is 21.9. The number of nitrogens with one attached hydrogen (secondary N) is 2. The summed E-state index contributed by atoms with van der Waals surface area (Å²) in [4.78, 5) is 69.2. The number of benzene rings is 3. The Morgan fingerprint density at radius 2 is 0.786 bits per heavy atom. The number of anilines is 2. The van der Waals surface area contributed by atoms with Crippen LogP contribution in [-0.4, -0.2) is 45.5 Å². The lowest BCUT2D eigenvalue weighted by Crippen LogP contribution is -2.08. The van der Waals surface area contributed by atoms with Crippen LogP contribution in [0.5, 0.6) is 0 Å². The number of hydrogen-bond donors (Lipinski definition) is 4. The molecule has 0 aliphatic rings. The molecule has 0 aliphatic heterocycles. The first kappa shape index (κ1) is 30.4. The van der Waals surface area contributed by atoms with Gasteiger partial charge in [0, 0.05) is 46.8 Å². The number of hydrogen-bond acceptors (Lipinski definition) is 6. The molecule has 0 unspecified atom stereocenters. The van der Waals surface area contributed by atoms with E-state index in [1.54, 1.807) is 36.4 Å². The molecule has 4 N–H and O–H groups in total. The highest BCUT2D eigenvalue weighted by molar-refractivity contribution is 6.08. The Morgan fingerprint density at radius 3 is 1.10 bits per heavy atom. The molecule has 0 saturated heterocycles. The van der Waals surface area contributed by atoms with E-state index in [9.17, 15) is 28.8 Å². The zero-order valence-electron chi connectivity index (χ0n) is 21.9. The van der Waals surface area contributed by atoms with Crippen molar-refractivity contribution in [1.82, 2.24) is 0 Å². The van der Waals surface area contributed by atoms with Gasteiger partial charge in [-0.25, -0.2) is 9.59 Å². The van der Waals surface area contributed by atoms with Crippen molar-refractivity contribution in [2.24, 2.45) is 0 Å². The fraction of sp³-hybridized carbons (Fsp3) is 0. The Hall–Kier alpha value is -6.16. The molecule has 0 aliphatic carbocycles. The maximum absolute atomic E-state index is 12.5. The molecular weight excluding hydrogens is 540 g/mol. The lowest BCUT2D eigenvalue weighted by atomic mass is 10.1. The van der Waals surface area contributed by atoms with Crippen molar-refractivity contribution in [3.05, 3.63) is 132 Å². The highest BCUT2D eigenvalue weighted by Gasteiger charge is 2.05. The smallest absolute Gasteiger partial charge is 0.328 e. The van der Waals surface area contributed by atoms with Gasteiger partial charge in [-0.2, -0.15) is 0 Å². The van der Waals surface area contributed by atoms with Gasteiger partial charge in [-0.1, -0.05) is 36.4 Å². The SMILES string of the molecule is O=C(O)/C=C\C(=O)Nc1ccc(C(=O)/C=C/c2ccc(/C=C/C(=O)c3ccc(NC(=O)/C=C/C(=O)O)cc3)cc2)cc1. The Bertz CT molecular complexity index is 1490. The summed E-state index contributed by atoms with van der Waals surface area (Å²) in [5.74, 6) is -4.19. The summed E-state index contributed by atoms with van der Waals surface area (Å²) < 4.78 is 0. The Kier molecular flexibility index (Phi) is 10.7. The molecule has 2 amide bonds. The predicted molar refractivity (Wildman–Crippen MR) is 157 cm³/mol. The van der Waals surface area contributed by atoms with Gasteiger partial charge in [0.05, 0.1) is 0 Å². The van der Waals surface area contributed by atoms with Crippen LogP contribution in [0.4, 0.5) is 11.4 Å². The van der Waals surface area contributed by atoms with Gasteiger partial charge in [-0.05, 0) is 71.8 Å². The van der Waals surface area contributed by atoms with Crippen LogP contribution in [0.15, 0.2) is 109 Å². The molecular formula is C32H24N2O8. The monoisotopic (exact) mass is 564 g/mol. The molecule has 10 nitrogen and oxygen atoms in total. The van der Waals surface area contributed by atoms with Crippen LogP contribution in [0.1, 0.15) is 31.8 Å². The van der Waals surface area contributed by atoms with Gasteiger partial charge in [0.1, 0.15) is 0 Å². The maximum Gasteiger partial charge on any atom is 0.328 e. The van der Waals surface area contributed by atoms with E-state index in [0.717, 1.165) is 35.4 Å². The first-order chi connectivity index (χ1) is 20.1. The highest BCUT2D eigenvalue weighted by Crippen LogP contribution is 2.14. The molecule has 3 aromatic carbocycles. The summed E-state index contributed by atoms with van der Waals surface area (Å²) in [6, 6.07) is 19.4. The van der Waals surface area contributed by atoms with E-state index in [1.807, 2.05) is 0 Å². The number of carboxylic acid groups (broad SMARTS) is 2. The van der Waals surface area contributed by atoms with Gasteiger partial charge in [-0.15, -0.1) is 0 Å². The standard InChI is InChI=1S/C32H24N2O8/c35-27(23-7-11-25(12-8-23)33-29(37)17-19-31(39)40)15-5-21-1-2-22(4-3-21)6-16-28(36)24-9-13-26(14-10-24)34-30(38)18-20-32(41)42/h1-20H,(H,33,37)(H,34,38)(H,39,40)(H,41,42)/b15-5+,16-6+,19-17-,20-18+. The van der Waals surface area contributed by atoms with E-state index in [1.165, 1.54) is 60.7 Å². The van der Waals surface area contributed by atoms with Crippen LogP contribution >= 0.6 is 0 Å². The highest BCUT2D eigenvalue weighted by atomic mass is 16.4. The summed E-state index contributed by atoms with van der Waals surface area (Å²) in [7, 11) is 0. The summed E-state index contributed by atoms with van der Waals surface area (Å²) >= 11 is 0. The summed E-state index contributed by atoms with van der Waals surface area (Å²) in [6.07, 6.45) is 9.33. The molecule has 0 heterocycles. The van der Waals surface area contributed by atoms with E-state index in [2.05, 4.69) is 10.6 Å². The molecule has 0 spiro atoms. The molecule has 0 atom stereocenters. The topological polar surface area (TPSA) is 167 Å². The number of allylic oxidation sites excluding steroid dienone is 2. The predicted octanol–water partition coefficient (Wildman–Crippen LogP) is 4.64. The molecule has 0 saturated carbocycles. The van der Waals surface area contributed by atoms with Gasteiger partial charge in [0.2, 0.25) is 11.8 Å². The molecule has 3 rings (SSSR count). The maximum atomic E-state index is 12.5. The van der Waals surface area contributed by atoms with E-state index in [-0.39, 0.29) is 11.6 Å². The molecule has 42 heavy (non-hydrogen) atoms. The first-order valence-corrected chi connectivity index (χ1v) is 12.3. The summed E-state index contributed by atoms with van der Waals surface area (Å²) in [6.45, 7) is 0. The largest absolute Gasteiger partial charge is 0.478 e. The van der Waals surface area contributed by atoms with Gasteiger partial charge in [0.25, 0.3) is 0 Å². The van der Waals surface area contributed by atoms with Gasteiger partial charge in [0.15, 0.2) is 11.6 Å². The Morgan fingerprint density at radius 1 is 0.452 bits per heavy atom. The van der Waals surface area contributed by atoms with Crippen molar-refractivity contribution in [2.75, 3.05) is 10.6 Å². The Labute approximate surface area is 240 Å². The van der Waals surface area contributed by atoms with E-state index >= 15 is 0 Å². The van der Waals surface area contributed by atoms with Gasteiger partial charge < -0.3 is 20.8 Å². The normalized spacial score (nSPS) is 11.2. The molecule has 0 bridgehead atoms. The molecule has 10 heteroatoms. The van der Waals surface area contributed by atoms with E-state index < -0.39 is 23.8 Å². The minimum absolute atomic E-state index is 0.254. The van der Waals surface area contributed by atoms with Crippen LogP contribution < -0.4 is 10.6 Å². The average Bonchev–Trinajstić information content (AvgIpc) is 2.98. The third kappa shape index (κ3) is 10.2. The molecule has 210 valence electrons. The van der Waals surface area contributed by atoms with Gasteiger partial charge in [-0.3, -0.25) is 19.2 Å². The van der Waals surface area contributed by atoms with Gasteiger partial charge >= 0.3 is 11.9 Å². The van der Waals surface area contributed by atoms with Crippen LogP contribution in [0.25, 0.3) is 12.2 Å². The number of carbonyl (C=O) groups excluding carboxylic acids is 4. The van der Waals surface area contributed by atoms with Crippen molar-refractivity contribution in [3.8, 4) is 0 Å². The van der Waals surface area contributed by atoms with Crippen molar-refractivity contribution in [1.29, 1.82) is 0 Å². The molecule has 3 aromatic rings. The minimum atomic E-state index is -1.24. The van der Waals surface area contributed by atoms with Crippen molar-refractivity contribution < 1.29 is 39.0 Å². The second-order valence-corrected chi connectivity index (χ2v) is 8.54. The second kappa shape index (κ2) is 14.8. The molecule has 0 fully saturated rings. The molecule has 0 aromatic heterocycles. The Balaban J connectivity index is 1.52. The van der Waals surface area contributed by atoms with Crippen LogP contribution in [0, 0.1) is 0 Å². The lowest BCUT2D eigenvalue weighted by molar-refractivity contribution is -0.132. The van der Waals surface area contributed by atoms with Crippen LogP contribution in [0.3, 0.4) is 0 Å². The number of amides is 2. The number of rotatable bonds is 12. The van der Waals surface area contributed by atoms with Crippen molar-refractivity contribution in [2.45, 2.75) is 0 Å². The third-order valence-corrected chi connectivity index (χ3v) is 5.42. The summed E-state index contributed by atoms with van der Waals surface area (Å²) in [5.41, 5.74) is 3.13. The van der Waals surface area contributed by atoms with Crippen LogP contribution in [0.2, 0.25) is 0 Å². The van der Waals surface area contributed by atoms with Crippen molar-refractivity contribution >= 4 is 58.8 Å². The number of carboxylic acids is 2. The van der Waals surface area contributed by atoms with E-state index in [4.69, 9.17) is 10.2 Å². The fourth-order valence-electron chi connectivity index (χ4n) is 3.35. The minimum Gasteiger partial charge on any atom is -0.478 e. The number of ketones is 2. The average molecular weight is 565 g/mol. The van der Waals surface area contributed by atoms with E-state index in [0.29, 0.717) is 22.5 Å². The zero-order chi connectivity index (χ0) is 30.5. The second-order valence-electron chi connectivity index (χ2n) is 8.54. The third-order valence-electron chi connectivity index (χ3n) is 5.42. The molecule has 0 radical (unpaired) electrons.